The van der Waals surface area contributed by atoms with Crippen molar-refractivity contribution in [3.05, 3.63) is 23.8 Å². The Morgan fingerprint density at radius 1 is 1.11 bits per heavy atom. The van der Waals surface area contributed by atoms with E-state index in [1.165, 1.54) is 6.42 Å². The Balaban J connectivity index is 2.07. The number of carbonyl (C=O) groups excluding carboxylic acids is 1. The SMILES string of the molecule is COc1cc(OC)cc(C(=O)[C@H]2[C@H](C)[C@@H](CO)CC3C(C)(C)CCC[C@@]32C)c1. The third-order valence-corrected chi connectivity index (χ3v) is 7.95. The van der Waals surface area contributed by atoms with Gasteiger partial charge < -0.3 is 14.6 Å². The van der Waals surface area contributed by atoms with Crippen LogP contribution >= 0.6 is 0 Å². The maximum atomic E-state index is 13.9. The molecule has 0 aliphatic heterocycles. The van der Waals surface area contributed by atoms with E-state index in [2.05, 4.69) is 27.7 Å². The van der Waals surface area contributed by atoms with Gasteiger partial charge in [-0.3, -0.25) is 4.79 Å². The fourth-order valence-electron chi connectivity index (χ4n) is 6.42. The molecule has 0 bridgehead atoms. The molecular weight excluding hydrogens is 352 g/mol. The molecule has 2 aliphatic rings. The van der Waals surface area contributed by atoms with Crippen LogP contribution in [0.2, 0.25) is 0 Å². The normalized spacial score (nSPS) is 34.4. The van der Waals surface area contributed by atoms with Crippen molar-refractivity contribution >= 4 is 5.78 Å². The smallest absolute Gasteiger partial charge is 0.167 e. The summed E-state index contributed by atoms with van der Waals surface area (Å²) in [5.74, 6) is 2.06. The molecule has 28 heavy (non-hydrogen) atoms. The average Bonchev–Trinajstić information content (AvgIpc) is 2.66. The van der Waals surface area contributed by atoms with Gasteiger partial charge in [-0.2, -0.15) is 0 Å². The standard InChI is InChI=1S/C24H36O4/c1-15-17(14-25)12-20-23(2,3)8-7-9-24(20,4)21(15)22(26)16-10-18(27-5)13-19(11-16)28-6/h10-11,13,15,17,20-21,25H,7-9,12,14H2,1-6H3/t15-,17-,20?,21-,24+/m1/s1. The first-order valence-electron chi connectivity index (χ1n) is 10.6. The van der Waals surface area contributed by atoms with Gasteiger partial charge in [-0.1, -0.05) is 34.1 Å². The zero-order valence-electron chi connectivity index (χ0n) is 18.2. The van der Waals surface area contributed by atoms with Gasteiger partial charge in [-0.05, 0) is 60.0 Å². The molecule has 4 heteroatoms. The summed E-state index contributed by atoms with van der Waals surface area (Å²) in [6, 6.07) is 5.45. The number of aliphatic hydroxyl groups is 1. The second kappa shape index (κ2) is 7.70. The molecule has 3 rings (SSSR count). The largest absolute Gasteiger partial charge is 0.497 e. The van der Waals surface area contributed by atoms with Crippen LogP contribution in [-0.4, -0.2) is 31.7 Å². The predicted molar refractivity (Wildman–Crippen MR) is 111 cm³/mol. The number of benzene rings is 1. The van der Waals surface area contributed by atoms with E-state index >= 15 is 0 Å². The summed E-state index contributed by atoms with van der Waals surface area (Å²) >= 11 is 0. The Morgan fingerprint density at radius 3 is 2.25 bits per heavy atom. The molecule has 1 unspecified atom stereocenters. The molecule has 4 nitrogen and oxygen atoms in total. The Hall–Kier alpha value is -1.55. The first kappa shape index (κ1) is 21.2. The quantitative estimate of drug-likeness (QED) is 0.723. The summed E-state index contributed by atoms with van der Waals surface area (Å²) in [5.41, 5.74) is 0.778. The number of hydrogen-bond acceptors (Lipinski definition) is 4. The van der Waals surface area contributed by atoms with E-state index in [-0.39, 0.29) is 41.0 Å². The number of methoxy groups -OCH3 is 2. The highest BCUT2D eigenvalue weighted by molar-refractivity contribution is 5.99. The summed E-state index contributed by atoms with van der Waals surface area (Å²) in [7, 11) is 3.21. The number of carbonyl (C=O) groups is 1. The zero-order valence-corrected chi connectivity index (χ0v) is 18.2. The summed E-state index contributed by atoms with van der Waals surface area (Å²) in [6.45, 7) is 9.31. The predicted octanol–water partition coefficient (Wildman–Crippen LogP) is 4.98. The Kier molecular flexibility index (Phi) is 5.82. The van der Waals surface area contributed by atoms with Crippen LogP contribution in [0, 0.1) is 34.5 Å². The Bertz CT molecular complexity index is 703. The van der Waals surface area contributed by atoms with Gasteiger partial charge in [0.1, 0.15) is 11.5 Å². The van der Waals surface area contributed by atoms with Crippen molar-refractivity contribution in [3.63, 3.8) is 0 Å². The molecule has 2 aliphatic carbocycles. The minimum absolute atomic E-state index is 0.0553. The van der Waals surface area contributed by atoms with Crippen LogP contribution in [-0.2, 0) is 0 Å². The molecule has 5 atom stereocenters. The lowest BCUT2D eigenvalue weighted by molar-refractivity contribution is -0.109. The second-order valence-corrected chi connectivity index (χ2v) is 9.88. The van der Waals surface area contributed by atoms with E-state index in [9.17, 15) is 9.90 Å². The van der Waals surface area contributed by atoms with Gasteiger partial charge in [-0.25, -0.2) is 0 Å². The fourth-order valence-corrected chi connectivity index (χ4v) is 6.42. The van der Waals surface area contributed by atoms with Crippen LogP contribution < -0.4 is 9.47 Å². The van der Waals surface area contributed by atoms with Crippen molar-refractivity contribution in [2.45, 2.75) is 53.4 Å². The number of rotatable bonds is 5. The van der Waals surface area contributed by atoms with E-state index in [1.807, 2.05) is 12.1 Å². The number of hydrogen-bond donors (Lipinski definition) is 1. The molecule has 1 aromatic rings. The molecule has 0 spiro atoms. The van der Waals surface area contributed by atoms with Crippen molar-refractivity contribution in [2.24, 2.45) is 34.5 Å². The lowest BCUT2D eigenvalue weighted by atomic mass is 9.44. The monoisotopic (exact) mass is 388 g/mol. The number of aliphatic hydroxyl groups excluding tert-OH is 1. The van der Waals surface area contributed by atoms with Crippen LogP contribution in [0.1, 0.15) is 63.7 Å². The molecule has 2 saturated carbocycles. The minimum Gasteiger partial charge on any atom is -0.497 e. The summed E-state index contributed by atoms with van der Waals surface area (Å²) in [6.07, 6.45) is 4.42. The van der Waals surface area contributed by atoms with Gasteiger partial charge in [0.05, 0.1) is 14.2 Å². The Morgan fingerprint density at radius 2 is 1.71 bits per heavy atom. The fraction of sp³-hybridized carbons (Fsp3) is 0.708. The molecular formula is C24H36O4. The van der Waals surface area contributed by atoms with Crippen molar-refractivity contribution in [1.29, 1.82) is 0 Å². The molecule has 0 amide bonds. The molecule has 0 radical (unpaired) electrons. The lowest BCUT2D eigenvalue weighted by Crippen LogP contribution is -2.56. The third kappa shape index (κ3) is 3.45. The van der Waals surface area contributed by atoms with E-state index in [4.69, 9.17) is 9.47 Å². The first-order chi connectivity index (χ1) is 13.2. The first-order valence-corrected chi connectivity index (χ1v) is 10.6. The van der Waals surface area contributed by atoms with Gasteiger partial charge in [0.15, 0.2) is 5.78 Å². The average molecular weight is 389 g/mol. The van der Waals surface area contributed by atoms with Crippen molar-refractivity contribution in [3.8, 4) is 11.5 Å². The lowest BCUT2D eigenvalue weighted by Gasteiger charge is -2.60. The van der Waals surface area contributed by atoms with Crippen LogP contribution in [0.3, 0.4) is 0 Å². The highest BCUT2D eigenvalue weighted by Gasteiger charge is 2.58. The maximum Gasteiger partial charge on any atom is 0.167 e. The van der Waals surface area contributed by atoms with Crippen LogP contribution in [0.25, 0.3) is 0 Å². The number of fused-ring (bicyclic) bond motifs is 1. The third-order valence-electron chi connectivity index (χ3n) is 7.95. The molecule has 156 valence electrons. The van der Waals surface area contributed by atoms with Crippen molar-refractivity contribution < 1.29 is 19.4 Å². The summed E-state index contributed by atoms with van der Waals surface area (Å²) in [4.78, 5) is 13.9. The van der Waals surface area contributed by atoms with Crippen LogP contribution in [0.4, 0.5) is 0 Å². The molecule has 1 aromatic carbocycles. The van der Waals surface area contributed by atoms with Gasteiger partial charge in [-0.15, -0.1) is 0 Å². The highest BCUT2D eigenvalue weighted by atomic mass is 16.5. The molecule has 0 saturated heterocycles. The summed E-state index contributed by atoms with van der Waals surface area (Å²) < 4.78 is 10.8. The van der Waals surface area contributed by atoms with Crippen LogP contribution in [0.5, 0.6) is 11.5 Å². The van der Waals surface area contributed by atoms with Crippen LogP contribution in [0.15, 0.2) is 18.2 Å². The maximum absolute atomic E-state index is 13.9. The van der Waals surface area contributed by atoms with Crippen molar-refractivity contribution in [1.82, 2.24) is 0 Å². The molecule has 0 heterocycles. The van der Waals surface area contributed by atoms with Gasteiger partial charge >= 0.3 is 0 Å². The van der Waals surface area contributed by atoms with Gasteiger partial charge in [0.25, 0.3) is 0 Å². The van der Waals surface area contributed by atoms with E-state index in [1.54, 1.807) is 20.3 Å². The van der Waals surface area contributed by atoms with Gasteiger partial charge in [0.2, 0.25) is 0 Å². The van der Waals surface area contributed by atoms with Crippen molar-refractivity contribution in [2.75, 3.05) is 20.8 Å². The van der Waals surface area contributed by atoms with E-state index in [0.29, 0.717) is 23.0 Å². The molecule has 0 aromatic heterocycles. The Labute approximate surface area is 169 Å². The molecule has 1 N–H and O–H groups in total. The summed E-state index contributed by atoms with van der Waals surface area (Å²) in [5, 5.41) is 10.1. The highest BCUT2D eigenvalue weighted by Crippen LogP contribution is 2.62. The number of Topliss-reactive ketones (excluding diaryl/α,β-unsaturated/α-hetero) is 1. The van der Waals surface area contributed by atoms with E-state index < -0.39 is 0 Å². The number of ketones is 1. The van der Waals surface area contributed by atoms with E-state index in [0.717, 1.165) is 19.3 Å². The molecule has 2 fully saturated rings. The zero-order chi connectivity index (χ0) is 20.7. The minimum atomic E-state index is -0.111. The topological polar surface area (TPSA) is 55.8 Å². The number of ether oxygens (including phenoxy) is 2. The second-order valence-electron chi connectivity index (χ2n) is 9.88. The van der Waals surface area contributed by atoms with Gasteiger partial charge in [0, 0.05) is 24.2 Å².